The van der Waals surface area contributed by atoms with Crippen molar-refractivity contribution >= 4 is 5.78 Å². The van der Waals surface area contributed by atoms with Crippen LogP contribution in [-0.4, -0.2) is 19.0 Å². The lowest BCUT2D eigenvalue weighted by Crippen LogP contribution is -2.21. The zero-order valence-corrected chi connectivity index (χ0v) is 7.87. The van der Waals surface area contributed by atoms with Gasteiger partial charge in [-0.1, -0.05) is 12.2 Å². The highest BCUT2D eigenvalue weighted by Crippen LogP contribution is 2.27. The third kappa shape index (κ3) is 1.99. The van der Waals surface area contributed by atoms with E-state index in [1.54, 1.807) is 0 Å². The molecule has 0 radical (unpaired) electrons. The van der Waals surface area contributed by atoms with Gasteiger partial charge in [0.2, 0.25) is 0 Å². The van der Waals surface area contributed by atoms with Gasteiger partial charge in [0, 0.05) is 12.3 Å². The highest BCUT2D eigenvalue weighted by molar-refractivity contribution is 5.81. The highest BCUT2D eigenvalue weighted by Gasteiger charge is 2.32. The van der Waals surface area contributed by atoms with Crippen molar-refractivity contribution in [1.82, 2.24) is 0 Å². The maximum Gasteiger partial charge on any atom is 0.138 e. The number of rotatable bonds is 0. The van der Waals surface area contributed by atoms with E-state index in [1.807, 2.05) is 0 Å². The van der Waals surface area contributed by atoms with Crippen molar-refractivity contribution in [3.8, 4) is 0 Å². The summed E-state index contributed by atoms with van der Waals surface area (Å²) in [6.45, 7) is 1.44. The summed E-state index contributed by atoms with van der Waals surface area (Å²) < 4.78 is 5.36. The molecule has 1 heterocycles. The van der Waals surface area contributed by atoms with Crippen LogP contribution in [0.5, 0.6) is 0 Å². The van der Waals surface area contributed by atoms with Crippen LogP contribution in [-0.2, 0) is 9.53 Å². The number of carbonyl (C=O) groups is 1. The van der Waals surface area contributed by atoms with Gasteiger partial charge in [-0.15, -0.1) is 0 Å². The smallest absolute Gasteiger partial charge is 0.138 e. The van der Waals surface area contributed by atoms with Gasteiger partial charge in [0.1, 0.15) is 5.78 Å². The van der Waals surface area contributed by atoms with Crippen molar-refractivity contribution in [1.29, 1.82) is 0 Å². The fourth-order valence-corrected chi connectivity index (χ4v) is 2.16. The van der Waals surface area contributed by atoms with E-state index >= 15 is 0 Å². The maximum absolute atomic E-state index is 11.7. The number of hydrogen-bond acceptors (Lipinski definition) is 2. The average molecular weight is 180 g/mol. The Balaban J connectivity index is 2.07. The van der Waals surface area contributed by atoms with Crippen LogP contribution in [0.25, 0.3) is 0 Å². The second kappa shape index (κ2) is 4.05. The van der Waals surface area contributed by atoms with E-state index in [4.69, 9.17) is 4.74 Å². The summed E-state index contributed by atoms with van der Waals surface area (Å²) in [5, 5.41) is 0. The van der Waals surface area contributed by atoms with E-state index in [1.165, 1.54) is 0 Å². The molecule has 1 aliphatic carbocycles. The predicted octanol–water partition coefficient (Wildman–Crippen LogP) is 1.95. The lowest BCUT2D eigenvalue weighted by molar-refractivity contribution is -0.123. The molecule has 0 N–H and O–H groups in total. The summed E-state index contributed by atoms with van der Waals surface area (Å²) in [7, 11) is 0. The van der Waals surface area contributed by atoms with E-state index in [9.17, 15) is 4.79 Å². The number of fused-ring (bicyclic) bond motifs is 1. The summed E-state index contributed by atoms with van der Waals surface area (Å²) >= 11 is 0. The summed E-state index contributed by atoms with van der Waals surface area (Å²) in [5.74, 6) is 1.08. The molecule has 72 valence electrons. The molecule has 0 bridgehead atoms. The average Bonchev–Trinajstić information content (AvgIpc) is 2.58. The van der Waals surface area contributed by atoms with Crippen molar-refractivity contribution in [2.24, 2.45) is 11.8 Å². The van der Waals surface area contributed by atoms with Crippen LogP contribution in [0.2, 0.25) is 0 Å². The van der Waals surface area contributed by atoms with Crippen LogP contribution in [0, 0.1) is 11.8 Å². The Kier molecular flexibility index (Phi) is 2.79. The molecular weight excluding hydrogens is 164 g/mol. The van der Waals surface area contributed by atoms with E-state index < -0.39 is 0 Å². The molecular formula is C11H16O2. The molecule has 0 spiro atoms. The highest BCUT2D eigenvalue weighted by atomic mass is 16.5. The SMILES string of the molecule is O=C1CCC/C=C/C[C@H]2COC[C@@H]12. The second-order valence-electron chi connectivity index (χ2n) is 3.97. The summed E-state index contributed by atoms with van der Waals surface area (Å²) in [5.41, 5.74) is 0. The number of ketones is 1. The minimum atomic E-state index is 0.197. The summed E-state index contributed by atoms with van der Waals surface area (Å²) in [6, 6.07) is 0. The van der Waals surface area contributed by atoms with Gasteiger partial charge in [-0.2, -0.15) is 0 Å². The molecule has 2 rings (SSSR count). The largest absolute Gasteiger partial charge is 0.380 e. The first-order valence-electron chi connectivity index (χ1n) is 5.13. The van der Waals surface area contributed by atoms with E-state index in [0.29, 0.717) is 18.3 Å². The van der Waals surface area contributed by atoms with Crippen LogP contribution in [0.1, 0.15) is 25.7 Å². The third-order valence-corrected chi connectivity index (χ3v) is 3.01. The molecule has 0 saturated carbocycles. The van der Waals surface area contributed by atoms with E-state index in [2.05, 4.69) is 12.2 Å². The van der Waals surface area contributed by atoms with Crippen molar-refractivity contribution < 1.29 is 9.53 Å². The second-order valence-corrected chi connectivity index (χ2v) is 3.97. The fourth-order valence-electron chi connectivity index (χ4n) is 2.16. The molecule has 1 aliphatic heterocycles. The van der Waals surface area contributed by atoms with Gasteiger partial charge < -0.3 is 4.74 Å². The molecule has 1 fully saturated rings. The Bertz CT molecular complexity index is 220. The molecule has 13 heavy (non-hydrogen) atoms. The van der Waals surface area contributed by atoms with E-state index in [-0.39, 0.29) is 5.92 Å². The van der Waals surface area contributed by atoms with Gasteiger partial charge >= 0.3 is 0 Å². The molecule has 2 heteroatoms. The van der Waals surface area contributed by atoms with Crippen LogP contribution < -0.4 is 0 Å². The Morgan fingerprint density at radius 1 is 1.31 bits per heavy atom. The Hall–Kier alpha value is -0.630. The minimum absolute atomic E-state index is 0.197. The molecule has 2 aliphatic rings. The van der Waals surface area contributed by atoms with Gasteiger partial charge in [-0.05, 0) is 25.2 Å². The molecule has 0 unspecified atom stereocenters. The number of hydrogen-bond donors (Lipinski definition) is 0. The standard InChI is InChI=1S/C11H16O2/c12-11-6-4-2-1-3-5-9-7-13-8-10(9)11/h1,3,9-10H,2,4-8H2/b3-1+/t9-,10+/m0/s1. The topological polar surface area (TPSA) is 26.3 Å². The Labute approximate surface area is 79.0 Å². The first-order chi connectivity index (χ1) is 6.38. The minimum Gasteiger partial charge on any atom is -0.380 e. The summed E-state index contributed by atoms with van der Waals surface area (Å²) in [6.07, 6.45) is 8.26. The van der Waals surface area contributed by atoms with Gasteiger partial charge in [0.25, 0.3) is 0 Å². The molecule has 2 atom stereocenters. The van der Waals surface area contributed by atoms with Crippen molar-refractivity contribution in [3.05, 3.63) is 12.2 Å². The number of ether oxygens (including phenoxy) is 1. The first kappa shape index (κ1) is 8.95. The van der Waals surface area contributed by atoms with Crippen LogP contribution in [0.15, 0.2) is 12.2 Å². The molecule has 0 amide bonds. The van der Waals surface area contributed by atoms with Gasteiger partial charge in [-0.3, -0.25) is 4.79 Å². The van der Waals surface area contributed by atoms with Crippen LogP contribution >= 0.6 is 0 Å². The quantitative estimate of drug-likeness (QED) is 0.532. The molecule has 0 aromatic heterocycles. The summed E-state index contributed by atoms with van der Waals surface area (Å²) in [4.78, 5) is 11.7. The maximum atomic E-state index is 11.7. The van der Waals surface area contributed by atoms with Crippen molar-refractivity contribution in [3.63, 3.8) is 0 Å². The predicted molar refractivity (Wildman–Crippen MR) is 50.4 cm³/mol. The monoisotopic (exact) mass is 180 g/mol. The molecule has 0 aromatic rings. The van der Waals surface area contributed by atoms with Crippen LogP contribution in [0.3, 0.4) is 0 Å². The van der Waals surface area contributed by atoms with Crippen molar-refractivity contribution in [2.45, 2.75) is 25.7 Å². The van der Waals surface area contributed by atoms with E-state index in [0.717, 1.165) is 32.3 Å². The normalized spacial score (nSPS) is 37.4. The number of allylic oxidation sites excluding steroid dienone is 2. The van der Waals surface area contributed by atoms with Gasteiger partial charge in [0.05, 0.1) is 13.2 Å². The molecule has 2 nitrogen and oxygen atoms in total. The molecule has 0 aromatic carbocycles. The third-order valence-electron chi connectivity index (χ3n) is 3.01. The zero-order chi connectivity index (χ0) is 9.10. The molecule has 1 saturated heterocycles. The van der Waals surface area contributed by atoms with Crippen LogP contribution in [0.4, 0.5) is 0 Å². The lowest BCUT2D eigenvalue weighted by Gasteiger charge is -2.13. The zero-order valence-electron chi connectivity index (χ0n) is 7.87. The Morgan fingerprint density at radius 2 is 2.23 bits per heavy atom. The first-order valence-corrected chi connectivity index (χ1v) is 5.13. The van der Waals surface area contributed by atoms with Gasteiger partial charge in [0.15, 0.2) is 0 Å². The fraction of sp³-hybridized carbons (Fsp3) is 0.727. The Morgan fingerprint density at radius 3 is 3.15 bits per heavy atom. The lowest BCUT2D eigenvalue weighted by atomic mass is 9.88. The number of carbonyl (C=O) groups excluding carboxylic acids is 1. The van der Waals surface area contributed by atoms with Gasteiger partial charge in [-0.25, -0.2) is 0 Å². The van der Waals surface area contributed by atoms with Crippen molar-refractivity contribution in [2.75, 3.05) is 13.2 Å². The number of Topliss-reactive ketones (excluding diaryl/α,β-unsaturated/α-hetero) is 1.